The summed E-state index contributed by atoms with van der Waals surface area (Å²) >= 11 is 0. The molecule has 2 aliphatic rings. The summed E-state index contributed by atoms with van der Waals surface area (Å²) in [6, 6.07) is 9.14. The first-order valence-corrected chi connectivity index (χ1v) is 13.0. The third kappa shape index (κ3) is 7.40. The number of hydrogen-bond acceptors (Lipinski definition) is 6. The van der Waals surface area contributed by atoms with Crippen molar-refractivity contribution in [3.8, 4) is 5.75 Å². The van der Waals surface area contributed by atoms with Crippen LogP contribution < -0.4 is 10.1 Å². The van der Waals surface area contributed by atoms with Gasteiger partial charge in [0.25, 0.3) is 0 Å². The Balaban J connectivity index is 0.00000400. The molecule has 0 atom stereocenters. The molecule has 208 valence electrons. The van der Waals surface area contributed by atoms with Crippen molar-refractivity contribution in [1.82, 2.24) is 9.80 Å². The van der Waals surface area contributed by atoms with Crippen molar-refractivity contribution in [3.63, 3.8) is 0 Å². The van der Waals surface area contributed by atoms with Crippen molar-refractivity contribution in [3.05, 3.63) is 63.7 Å². The number of rotatable bonds is 9. The molecule has 1 amide bonds. The molecule has 0 spiro atoms. The van der Waals surface area contributed by atoms with Gasteiger partial charge in [-0.1, -0.05) is 13.5 Å². The van der Waals surface area contributed by atoms with Crippen molar-refractivity contribution < 1.29 is 23.2 Å². The lowest BCUT2D eigenvalue weighted by Crippen LogP contribution is -2.43. The molecule has 2 aliphatic heterocycles. The van der Waals surface area contributed by atoms with E-state index in [9.17, 15) is 23.7 Å². The van der Waals surface area contributed by atoms with Crippen LogP contribution in [0, 0.1) is 21.7 Å². The van der Waals surface area contributed by atoms with Crippen molar-refractivity contribution >= 4 is 17.3 Å². The van der Waals surface area contributed by atoms with E-state index >= 15 is 0 Å². The van der Waals surface area contributed by atoms with E-state index in [0.29, 0.717) is 32.7 Å². The van der Waals surface area contributed by atoms with Gasteiger partial charge >= 0.3 is 5.69 Å². The maximum absolute atomic E-state index is 13.6. The first-order valence-electron chi connectivity index (χ1n) is 13.0. The summed E-state index contributed by atoms with van der Waals surface area (Å²) in [7, 11) is 0. The molecule has 0 radical (unpaired) electrons. The first-order chi connectivity index (χ1) is 17.8. The van der Waals surface area contributed by atoms with E-state index in [-0.39, 0.29) is 36.7 Å². The van der Waals surface area contributed by atoms with Gasteiger partial charge < -0.3 is 19.9 Å². The second-order valence-electron chi connectivity index (χ2n) is 9.71. The number of piperidine rings is 2. The smallest absolute Gasteiger partial charge is 0.311 e. The number of nitrogens with zero attached hydrogens (tertiary/aromatic N) is 3. The van der Waals surface area contributed by atoms with Gasteiger partial charge in [0, 0.05) is 49.9 Å². The Morgan fingerprint density at radius 3 is 2.39 bits per heavy atom. The summed E-state index contributed by atoms with van der Waals surface area (Å²) < 4.78 is 32.2. The zero-order chi connectivity index (χ0) is 26.4. The van der Waals surface area contributed by atoms with E-state index in [1.54, 1.807) is 25.1 Å². The number of carbonyl (C=O) groups excluding carboxylic acids is 1. The Hall–Kier alpha value is -3.27. The summed E-state index contributed by atoms with van der Waals surface area (Å²) in [5.74, 6) is -1.00. The number of likely N-dealkylation sites (tertiary alicyclic amines) is 2. The summed E-state index contributed by atoms with van der Waals surface area (Å²) in [6.07, 6.45) is 3.79. The predicted molar refractivity (Wildman–Crippen MR) is 144 cm³/mol. The number of hydrogen-bond donors (Lipinski definition) is 1. The minimum absolute atomic E-state index is 0. The van der Waals surface area contributed by atoms with E-state index in [1.807, 2.05) is 4.90 Å². The van der Waals surface area contributed by atoms with Crippen LogP contribution in [0.25, 0.3) is 0 Å². The minimum Gasteiger partial charge on any atom is -0.487 e. The molecule has 8 nitrogen and oxygen atoms in total. The van der Waals surface area contributed by atoms with Crippen molar-refractivity contribution in [2.24, 2.45) is 0 Å². The third-order valence-corrected chi connectivity index (χ3v) is 7.32. The van der Waals surface area contributed by atoms with Crippen LogP contribution in [0.1, 0.15) is 57.9 Å². The maximum atomic E-state index is 13.6. The number of ether oxygens (including phenoxy) is 1. The van der Waals surface area contributed by atoms with Crippen LogP contribution in [0.2, 0.25) is 0 Å². The van der Waals surface area contributed by atoms with E-state index in [2.05, 4.69) is 10.2 Å². The highest BCUT2D eigenvalue weighted by Crippen LogP contribution is 2.31. The maximum Gasteiger partial charge on any atom is 0.311 e. The van der Waals surface area contributed by atoms with Gasteiger partial charge in [0.2, 0.25) is 5.91 Å². The fourth-order valence-electron chi connectivity index (χ4n) is 5.20. The monoisotopic (exact) mass is 532 g/mol. The Kier molecular flexibility index (Phi) is 10.4. The number of nitrogens with one attached hydrogen (secondary N) is 1. The lowest BCUT2D eigenvalue weighted by molar-refractivity contribution is -0.385. The Morgan fingerprint density at radius 2 is 1.76 bits per heavy atom. The molecule has 2 heterocycles. The van der Waals surface area contributed by atoms with Gasteiger partial charge in [-0.2, -0.15) is 0 Å². The molecular formula is C28H38F2N4O4. The largest absolute Gasteiger partial charge is 0.487 e. The summed E-state index contributed by atoms with van der Waals surface area (Å²) in [4.78, 5) is 27.7. The number of benzene rings is 2. The predicted octanol–water partition coefficient (Wildman–Crippen LogP) is 5.58. The van der Waals surface area contributed by atoms with Crippen LogP contribution >= 0.6 is 0 Å². The second kappa shape index (κ2) is 13.5. The fraction of sp³-hybridized carbons (Fsp3) is 0.536. The van der Waals surface area contributed by atoms with Gasteiger partial charge in [-0.15, -0.1) is 0 Å². The lowest BCUT2D eigenvalue weighted by Gasteiger charge is -2.35. The topological polar surface area (TPSA) is 88.0 Å². The summed E-state index contributed by atoms with van der Waals surface area (Å²) in [6.45, 7) is 5.83. The fourth-order valence-corrected chi connectivity index (χ4v) is 5.20. The van der Waals surface area contributed by atoms with Crippen LogP contribution in [0.5, 0.6) is 5.75 Å². The molecule has 0 unspecified atom stereocenters. The van der Waals surface area contributed by atoms with Gasteiger partial charge in [0.05, 0.1) is 11.5 Å². The molecule has 2 aromatic rings. The molecule has 0 aromatic heterocycles. The van der Waals surface area contributed by atoms with Crippen molar-refractivity contribution in [1.29, 1.82) is 0 Å². The minimum atomic E-state index is -0.818. The molecule has 2 saturated heterocycles. The molecule has 2 fully saturated rings. The van der Waals surface area contributed by atoms with Gasteiger partial charge in [-0.05, 0) is 75.4 Å². The van der Waals surface area contributed by atoms with Crippen molar-refractivity contribution in [2.45, 2.75) is 58.4 Å². The van der Waals surface area contributed by atoms with Gasteiger partial charge in [-0.3, -0.25) is 14.9 Å². The molecule has 0 bridgehead atoms. The van der Waals surface area contributed by atoms with Crippen LogP contribution in [0.15, 0.2) is 36.4 Å². The normalized spacial score (nSPS) is 17.1. The zero-order valence-electron chi connectivity index (χ0n) is 21.1. The number of nitro groups is 1. The van der Waals surface area contributed by atoms with Crippen LogP contribution in [-0.2, 0) is 4.79 Å². The summed E-state index contributed by atoms with van der Waals surface area (Å²) in [5, 5.41) is 14.6. The average molecular weight is 533 g/mol. The first kappa shape index (κ1) is 29.3. The third-order valence-electron chi connectivity index (χ3n) is 7.32. The Labute approximate surface area is 223 Å². The molecule has 0 aliphatic carbocycles. The van der Waals surface area contributed by atoms with Gasteiger partial charge in [0.15, 0.2) is 17.4 Å². The van der Waals surface area contributed by atoms with E-state index in [4.69, 9.17) is 4.74 Å². The number of amides is 1. The highest BCUT2D eigenvalue weighted by atomic mass is 19.2. The molecule has 4 rings (SSSR count). The lowest BCUT2D eigenvalue weighted by atomic mass is 9.89. The Morgan fingerprint density at radius 1 is 1.05 bits per heavy atom. The van der Waals surface area contributed by atoms with Crippen molar-refractivity contribution in [2.75, 3.05) is 44.6 Å². The quantitative estimate of drug-likeness (QED) is 0.335. The summed E-state index contributed by atoms with van der Waals surface area (Å²) in [5.41, 5.74) is 1.56. The Bertz CT molecular complexity index is 1100. The van der Waals surface area contributed by atoms with Crippen LogP contribution in [0.3, 0.4) is 0 Å². The molecule has 1 N–H and O–H groups in total. The molecule has 38 heavy (non-hydrogen) atoms. The average Bonchev–Trinajstić information content (AvgIpc) is 2.90. The van der Waals surface area contributed by atoms with Crippen LogP contribution in [-0.4, -0.2) is 66.0 Å². The van der Waals surface area contributed by atoms with Crippen LogP contribution in [0.4, 0.5) is 20.2 Å². The molecule has 0 saturated carbocycles. The van der Waals surface area contributed by atoms with E-state index < -0.39 is 16.6 Å². The van der Waals surface area contributed by atoms with Gasteiger partial charge in [0.1, 0.15) is 0 Å². The highest BCUT2D eigenvalue weighted by Gasteiger charge is 2.26. The number of carbonyl (C=O) groups is 1. The molecule has 10 heteroatoms. The van der Waals surface area contributed by atoms with Gasteiger partial charge in [-0.25, -0.2) is 8.78 Å². The zero-order valence-corrected chi connectivity index (χ0v) is 21.1. The molecule has 2 aromatic carbocycles. The second-order valence-corrected chi connectivity index (χ2v) is 9.71. The standard InChI is InChI=1S/C27H34F2N4O4.CH4/c1-2-37-26-18-22(4-6-25(26)33(35)36)30-21-9-15-32(16-10-21)27(34)11-14-31-12-7-19(8-13-31)20-3-5-23(28)24(29)17-20;/h3-6,17-19,21,30H,2,7-16H2,1H3;1H4. The van der Waals surface area contributed by atoms with E-state index in [1.165, 1.54) is 18.2 Å². The SMILES string of the molecule is C.CCOc1cc(NC2CCN(C(=O)CCN3CCC(c4ccc(F)c(F)c4)CC3)CC2)ccc1[N+](=O)[O-]. The number of nitro benzene ring substituents is 1. The molecular weight excluding hydrogens is 494 g/mol. The van der Waals surface area contributed by atoms with E-state index in [0.717, 1.165) is 50.0 Å². The highest BCUT2D eigenvalue weighted by molar-refractivity contribution is 5.76. The number of halogens is 2. The number of anilines is 1.